The van der Waals surface area contributed by atoms with E-state index in [9.17, 15) is 13.2 Å². The summed E-state index contributed by atoms with van der Waals surface area (Å²) in [4.78, 5) is 11.4. The van der Waals surface area contributed by atoms with Crippen LogP contribution in [0, 0.1) is 0 Å². The molecule has 0 spiro atoms. The van der Waals surface area contributed by atoms with Gasteiger partial charge in [-0.3, -0.25) is 4.79 Å². The standard InChI is InChI=1S/C11H14Cl2N2O3S/c1-2-3-4-10(16)15-11-8(12)5-7(6-9(11)13)19(14,17)18/h5-6H,2-4H2,1H3,(H,15,16)(H2,14,17,18). The second-order valence-electron chi connectivity index (χ2n) is 3.96. The number of sulfonamides is 1. The van der Waals surface area contributed by atoms with E-state index in [0.717, 1.165) is 25.0 Å². The first-order valence-corrected chi connectivity index (χ1v) is 7.87. The summed E-state index contributed by atoms with van der Waals surface area (Å²) < 4.78 is 22.4. The van der Waals surface area contributed by atoms with Gasteiger partial charge in [-0.1, -0.05) is 36.5 Å². The van der Waals surface area contributed by atoms with Crippen LogP contribution >= 0.6 is 23.2 Å². The number of hydrogen-bond donors (Lipinski definition) is 2. The molecule has 0 bridgehead atoms. The molecule has 0 aliphatic heterocycles. The number of amides is 1. The van der Waals surface area contributed by atoms with Gasteiger partial charge < -0.3 is 5.32 Å². The highest BCUT2D eigenvalue weighted by Gasteiger charge is 2.16. The Kier molecular flexibility index (Phi) is 5.61. The van der Waals surface area contributed by atoms with E-state index in [0.29, 0.717) is 6.42 Å². The second-order valence-corrected chi connectivity index (χ2v) is 6.33. The Balaban J connectivity index is 3.01. The summed E-state index contributed by atoms with van der Waals surface area (Å²) in [6, 6.07) is 2.30. The van der Waals surface area contributed by atoms with Crippen molar-refractivity contribution in [3.05, 3.63) is 22.2 Å². The zero-order valence-corrected chi connectivity index (χ0v) is 12.6. The number of primary sulfonamides is 1. The minimum atomic E-state index is -3.89. The zero-order valence-electron chi connectivity index (χ0n) is 10.2. The van der Waals surface area contributed by atoms with E-state index in [1.54, 1.807) is 0 Å². The van der Waals surface area contributed by atoms with E-state index in [1.807, 2.05) is 6.92 Å². The first kappa shape index (κ1) is 16.2. The molecule has 19 heavy (non-hydrogen) atoms. The first-order valence-electron chi connectivity index (χ1n) is 5.57. The third-order valence-corrected chi connectivity index (χ3v) is 3.85. The fourth-order valence-electron chi connectivity index (χ4n) is 1.37. The maximum atomic E-state index is 11.6. The summed E-state index contributed by atoms with van der Waals surface area (Å²) in [6.45, 7) is 1.97. The molecule has 0 aromatic heterocycles. The highest BCUT2D eigenvalue weighted by atomic mass is 35.5. The molecule has 0 fully saturated rings. The molecule has 1 aromatic rings. The fourth-order valence-corrected chi connectivity index (χ4v) is 2.65. The van der Waals surface area contributed by atoms with Crippen molar-refractivity contribution in [3.8, 4) is 0 Å². The predicted molar refractivity (Wildman–Crippen MR) is 76.0 cm³/mol. The van der Waals surface area contributed by atoms with E-state index in [2.05, 4.69) is 5.32 Å². The highest BCUT2D eigenvalue weighted by Crippen LogP contribution is 2.33. The monoisotopic (exact) mass is 324 g/mol. The Hall–Kier alpha value is -0.820. The predicted octanol–water partition coefficient (Wildman–Crippen LogP) is 2.77. The first-order chi connectivity index (χ1) is 8.75. The maximum Gasteiger partial charge on any atom is 0.238 e. The van der Waals surface area contributed by atoms with Crippen molar-refractivity contribution in [2.45, 2.75) is 31.1 Å². The molecule has 0 aliphatic rings. The molecule has 1 amide bonds. The van der Waals surface area contributed by atoms with E-state index in [-0.39, 0.29) is 26.5 Å². The molecule has 1 rings (SSSR count). The Morgan fingerprint density at radius 3 is 2.26 bits per heavy atom. The lowest BCUT2D eigenvalue weighted by Crippen LogP contribution is -2.14. The number of hydrogen-bond acceptors (Lipinski definition) is 3. The molecule has 0 radical (unpaired) electrons. The highest BCUT2D eigenvalue weighted by molar-refractivity contribution is 7.89. The van der Waals surface area contributed by atoms with Crippen LogP contribution in [0.4, 0.5) is 5.69 Å². The molecule has 5 nitrogen and oxygen atoms in total. The summed E-state index contributed by atoms with van der Waals surface area (Å²) in [6.07, 6.45) is 1.98. The van der Waals surface area contributed by atoms with Gasteiger partial charge in [-0.15, -0.1) is 0 Å². The Bertz CT molecular complexity index is 565. The molecule has 0 heterocycles. The fraction of sp³-hybridized carbons (Fsp3) is 0.364. The van der Waals surface area contributed by atoms with Crippen molar-refractivity contribution in [2.75, 3.05) is 5.32 Å². The quantitative estimate of drug-likeness (QED) is 0.872. The minimum Gasteiger partial charge on any atom is -0.324 e. The molecule has 3 N–H and O–H groups in total. The van der Waals surface area contributed by atoms with Crippen LogP contribution in [0.5, 0.6) is 0 Å². The van der Waals surface area contributed by atoms with Crippen LogP contribution in [0.15, 0.2) is 17.0 Å². The molecular formula is C11H14Cl2N2O3S. The number of anilines is 1. The van der Waals surface area contributed by atoms with Gasteiger partial charge >= 0.3 is 0 Å². The number of carbonyl (C=O) groups is 1. The normalized spacial score (nSPS) is 11.4. The number of nitrogens with two attached hydrogens (primary N) is 1. The Labute approximate surface area is 122 Å². The van der Waals surface area contributed by atoms with Crippen molar-refractivity contribution in [1.29, 1.82) is 0 Å². The lowest BCUT2D eigenvalue weighted by atomic mass is 10.2. The molecule has 0 atom stereocenters. The minimum absolute atomic E-state index is 0.0290. The lowest BCUT2D eigenvalue weighted by molar-refractivity contribution is -0.116. The van der Waals surface area contributed by atoms with Crippen LogP contribution < -0.4 is 10.5 Å². The van der Waals surface area contributed by atoms with Gasteiger partial charge in [0, 0.05) is 6.42 Å². The number of benzene rings is 1. The van der Waals surface area contributed by atoms with Crippen LogP contribution in [-0.4, -0.2) is 14.3 Å². The molecule has 0 aliphatic carbocycles. The lowest BCUT2D eigenvalue weighted by Gasteiger charge is -2.10. The van der Waals surface area contributed by atoms with Gasteiger partial charge in [0.1, 0.15) is 0 Å². The van der Waals surface area contributed by atoms with Crippen LogP contribution in [0.25, 0.3) is 0 Å². The van der Waals surface area contributed by atoms with E-state index in [1.165, 1.54) is 0 Å². The largest absolute Gasteiger partial charge is 0.324 e. The number of carbonyl (C=O) groups excluding carboxylic acids is 1. The van der Waals surface area contributed by atoms with Crippen molar-refractivity contribution >= 4 is 44.8 Å². The third-order valence-electron chi connectivity index (χ3n) is 2.37. The van der Waals surface area contributed by atoms with Crippen molar-refractivity contribution < 1.29 is 13.2 Å². The SMILES string of the molecule is CCCCC(=O)Nc1c(Cl)cc(S(N)(=O)=O)cc1Cl. The smallest absolute Gasteiger partial charge is 0.238 e. The number of halogens is 2. The van der Waals surface area contributed by atoms with Gasteiger partial charge in [-0.2, -0.15) is 0 Å². The van der Waals surface area contributed by atoms with Gasteiger partial charge in [0.2, 0.25) is 15.9 Å². The van der Waals surface area contributed by atoms with Gasteiger partial charge in [0.05, 0.1) is 20.6 Å². The van der Waals surface area contributed by atoms with Crippen molar-refractivity contribution in [1.82, 2.24) is 0 Å². The summed E-state index contributed by atoms with van der Waals surface area (Å²) in [5.41, 5.74) is 0.192. The van der Waals surface area contributed by atoms with Gasteiger partial charge in [-0.25, -0.2) is 13.6 Å². The third kappa shape index (κ3) is 4.65. The Morgan fingerprint density at radius 2 is 1.84 bits per heavy atom. The zero-order chi connectivity index (χ0) is 14.6. The molecule has 1 aromatic carbocycles. The van der Waals surface area contributed by atoms with Crippen molar-refractivity contribution in [2.24, 2.45) is 5.14 Å². The summed E-state index contributed by atoms with van der Waals surface area (Å²) in [7, 11) is -3.89. The van der Waals surface area contributed by atoms with Crippen LogP contribution in [0.2, 0.25) is 10.0 Å². The molecule has 0 saturated heterocycles. The molecule has 8 heteroatoms. The Morgan fingerprint density at radius 1 is 1.32 bits per heavy atom. The van der Waals surface area contributed by atoms with Crippen LogP contribution in [-0.2, 0) is 14.8 Å². The van der Waals surface area contributed by atoms with Crippen LogP contribution in [0.1, 0.15) is 26.2 Å². The molecule has 106 valence electrons. The molecule has 0 saturated carbocycles. The number of nitrogens with one attached hydrogen (secondary N) is 1. The molecular weight excluding hydrogens is 311 g/mol. The second kappa shape index (κ2) is 6.56. The van der Waals surface area contributed by atoms with Crippen molar-refractivity contribution in [3.63, 3.8) is 0 Å². The summed E-state index contributed by atoms with van der Waals surface area (Å²) in [5.74, 6) is -0.228. The van der Waals surface area contributed by atoms with E-state index < -0.39 is 10.0 Å². The van der Waals surface area contributed by atoms with Gasteiger partial charge in [-0.05, 0) is 18.6 Å². The van der Waals surface area contributed by atoms with Gasteiger partial charge in [0.25, 0.3) is 0 Å². The topological polar surface area (TPSA) is 89.3 Å². The number of rotatable bonds is 5. The van der Waals surface area contributed by atoms with Crippen LogP contribution in [0.3, 0.4) is 0 Å². The van der Waals surface area contributed by atoms with E-state index >= 15 is 0 Å². The number of unbranched alkanes of at least 4 members (excludes halogenated alkanes) is 1. The summed E-state index contributed by atoms with van der Waals surface area (Å²) in [5, 5.41) is 7.59. The maximum absolute atomic E-state index is 11.6. The average Bonchev–Trinajstić information content (AvgIpc) is 2.29. The average molecular weight is 325 g/mol. The molecule has 0 unspecified atom stereocenters. The summed E-state index contributed by atoms with van der Waals surface area (Å²) >= 11 is 11.8. The van der Waals surface area contributed by atoms with Gasteiger partial charge in [0.15, 0.2) is 0 Å². The van der Waals surface area contributed by atoms with E-state index in [4.69, 9.17) is 28.3 Å².